The SMILES string of the molecule is CC(COc1ccc2ccccc2c1)C(N)=O. The van der Waals surface area contributed by atoms with E-state index < -0.39 is 0 Å². The fraction of sp³-hybridized carbons (Fsp3) is 0.214. The maximum Gasteiger partial charge on any atom is 0.223 e. The monoisotopic (exact) mass is 229 g/mol. The van der Waals surface area contributed by atoms with Gasteiger partial charge < -0.3 is 10.5 Å². The van der Waals surface area contributed by atoms with Gasteiger partial charge in [0.1, 0.15) is 5.75 Å². The van der Waals surface area contributed by atoms with Gasteiger partial charge in [0.25, 0.3) is 0 Å². The molecule has 0 aliphatic heterocycles. The molecule has 0 fully saturated rings. The van der Waals surface area contributed by atoms with E-state index in [2.05, 4.69) is 0 Å². The summed E-state index contributed by atoms with van der Waals surface area (Å²) < 4.78 is 5.54. The molecule has 2 rings (SSSR count). The Morgan fingerprint density at radius 3 is 2.65 bits per heavy atom. The van der Waals surface area contributed by atoms with Crippen LogP contribution in [-0.4, -0.2) is 12.5 Å². The average molecular weight is 229 g/mol. The second-order valence-electron chi connectivity index (χ2n) is 4.12. The van der Waals surface area contributed by atoms with Crippen molar-refractivity contribution in [2.24, 2.45) is 11.7 Å². The van der Waals surface area contributed by atoms with Crippen molar-refractivity contribution in [3.63, 3.8) is 0 Å². The molecule has 1 atom stereocenters. The van der Waals surface area contributed by atoms with Crippen LogP contribution in [-0.2, 0) is 4.79 Å². The average Bonchev–Trinajstić information content (AvgIpc) is 2.35. The van der Waals surface area contributed by atoms with Crippen molar-refractivity contribution in [2.75, 3.05) is 6.61 Å². The van der Waals surface area contributed by atoms with Crippen LogP contribution in [0.2, 0.25) is 0 Å². The highest BCUT2D eigenvalue weighted by Gasteiger charge is 2.09. The topological polar surface area (TPSA) is 52.3 Å². The van der Waals surface area contributed by atoms with Gasteiger partial charge in [0, 0.05) is 0 Å². The summed E-state index contributed by atoms with van der Waals surface area (Å²) in [6, 6.07) is 13.9. The van der Waals surface area contributed by atoms with E-state index in [1.165, 1.54) is 5.39 Å². The predicted octanol–water partition coefficient (Wildman–Crippen LogP) is 2.34. The van der Waals surface area contributed by atoms with Gasteiger partial charge in [0.05, 0.1) is 12.5 Å². The molecule has 0 aliphatic rings. The highest BCUT2D eigenvalue weighted by molar-refractivity contribution is 5.83. The normalized spacial score (nSPS) is 12.3. The number of hydrogen-bond acceptors (Lipinski definition) is 2. The third-order valence-electron chi connectivity index (χ3n) is 2.71. The third kappa shape index (κ3) is 2.75. The zero-order valence-electron chi connectivity index (χ0n) is 9.72. The minimum Gasteiger partial charge on any atom is -0.493 e. The number of benzene rings is 2. The van der Waals surface area contributed by atoms with E-state index in [4.69, 9.17) is 10.5 Å². The number of primary amides is 1. The van der Waals surface area contributed by atoms with E-state index in [-0.39, 0.29) is 11.8 Å². The van der Waals surface area contributed by atoms with Gasteiger partial charge in [-0.3, -0.25) is 4.79 Å². The summed E-state index contributed by atoms with van der Waals surface area (Å²) in [5.74, 6) is 0.143. The molecule has 0 bridgehead atoms. The molecule has 0 saturated heterocycles. The predicted molar refractivity (Wildman–Crippen MR) is 67.8 cm³/mol. The molecule has 17 heavy (non-hydrogen) atoms. The first-order valence-electron chi connectivity index (χ1n) is 5.58. The minimum absolute atomic E-state index is 0.276. The summed E-state index contributed by atoms with van der Waals surface area (Å²) in [5, 5.41) is 2.29. The summed E-state index contributed by atoms with van der Waals surface area (Å²) in [6.45, 7) is 2.07. The molecule has 0 spiro atoms. The molecule has 2 aromatic rings. The van der Waals surface area contributed by atoms with Crippen LogP contribution in [0.5, 0.6) is 5.75 Å². The zero-order chi connectivity index (χ0) is 12.3. The van der Waals surface area contributed by atoms with Crippen molar-refractivity contribution < 1.29 is 9.53 Å². The van der Waals surface area contributed by atoms with Crippen molar-refractivity contribution >= 4 is 16.7 Å². The second-order valence-corrected chi connectivity index (χ2v) is 4.12. The first-order valence-corrected chi connectivity index (χ1v) is 5.58. The van der Waals surface area contributed by atoms with Gasteiger partial charge in [-0.15, -0.1) is 0 Å². The van der Waals surface area contributed by atoms with Crippen molar-refractivity contribution in [3.8, 4) is 5.75 Å². The summed E-state index contributed by atoms with van der Waals surface area (Å²) in [4.78, 5) is 10.9. The van der Waals surface area contributed by atoms with Crippen LogP contribution in [0.3, 0.4) is 0 Å². The summed E-state index contributed by atoms with van der Waals surface area (Å²) in [7, 11) is 0. The van der Waals surface area contributed by atoms with E-state index in [9.17, 15) is 4.79 Å². The van der Waals surface area contributed by atoms with E-state index >= 15 is 0 Å². The minimum atomic E-state index is -0.342. The Hall–Kier alpha value is -2.03. The Bertz CT molecular complexity index is 536. The Morgan fingerprint density at radius 1 is 1.24 bits per heavy atom. The van der Waals surface area contributed by atoms with Crippen molar-refractivity contribution in [1.82, 2.24) is 0 Å². The molecule has 88 valence electrons. The maximum absolute atomic E-state index is 10.9. The second kappa shape index (κ2) is 4.87. The van der Waals surface area contributed by atoms with E-state index in [0.717, 1.165) is 11.1 Å². The molecule has 0 saturated carbocycles. The van der Waals surface area contributed by atoms with Crippen LogP contribution in [0.25, 0.3) is 10.8 Å². The van der Waals surface area contributed by atoms with E-state index in [1.54, 1.807) is 6.92 Å². The Kier molecular flexibility index (Phi) is 3.28. The van der Waals surface area contributed by atoms with Crippen LogP contribution >= 0.6 is 0 Å². The highest BCUT2D eigenvalue weighted by Crippen LogP contribution is 2.20. The lowest BCUT2D eigenvalue weighted by Crippen LogP contribution is -2.25. The maximum atomic E-state index is 10.9. The molecular formula is C14H15NO2. The van der Waals surface area contributed by atoms with Crippen LogP contribution in [0.4, 0.5) is 0 Å². The number of nitrogens with two attached hydrogens (primary N) is 1. The lowest BCUT2D eigenvalue weighted by Gasteiger charge is -2.10. The number of hydrogen-bond donors (Lipinski definition) is 1. The van der Waals surface area contributed by atoms with Crippen molar-refractivity contribution in [1.29, 1.82) is 0 Å². The quantitative estimate of drug-likeness (QED) is 0.874. The largest absolute Gasteiger partial charge is 0.493 e. The number of rotatable bonds is 4. The third-order valence-corrected chi connectivity index (χ3v) is 2.71. The number of ether oxygens (including phenoxy) is 1. The molecule has 0 aromatic heterocycles. The summed E-state index contributed by atoms with van der Waals surface area (Å²) >= 11 is 0. The van der Waals surface area contributed by atoms with Crippen LogP contribution in [0.15, 0.2) is 42.5 Å². The summed E-state index contributed by atoms with van der Waals surface area (Å²) in [5.41, 5.74) is 5.17. The fourth-order valence-electron chi connectivity index (χ4n) is 1.56. The van der Waals surface area contributed by atoms with Crippen LogP contribution < -0.4 is 10.5 Å². The first kappa shape index (κ1) is 11.5. The van der Waals surface area contributed by atoms with Gasteiger partial charge in [-0.2, -0.15) is 0 Å². The highest BCUT2D eigenvalue weighted by atomic mass is 16.5. The molecule has 0 heterocycles. The molecule has 3 nitrogen and oxygen atoms in total. The van der Waals surface area contributed by atoms with Gasteiger partial charge in [-0.05, 0) is 22.9 Å². The van der Waals surface area contributed by atoms with Gasteiger partial charge in [-0.1, -0.05) is 37.3 Å². The smallest absolute Gasteiger partial charge is 0.223 e. The van der Waals surface area contributed by atoms with Crippen molar-refractivity contribution in [2.45, 2.75) is 6.92 Å². The molecule has 2 N–H and O–H groups in total. The molecular weight excluding hydrogens is 214 g/mol. The number of amides is 1. The van der Waals surface area contributed by atoms with Gasteiger partial charge in [0.15, 0.2) is 0 Å². The van der Waals surface area contributed by atoms with E-state index in [1.807, 2.05) is 42.5 Å². The molecule has 3 heteroatoms. The lowest BCUT2D eigenvalue weighted by molar-refractivity contribution is -0.122. The van der Waals surface area contributed by atoms with Crippen LogP contribution in [0, 0.1) is 5.92 Å². The lowest BCUT2D eigenvalue weighted by atomic mass is 10.1. The Morgan fingerprint density at radius 2 is 1.94 bits per heavy atom. The zero-order valence-corrected chi connectivity index (χ0v) is 9.72. The molecule has 0 radical (unpaired) electrons. The Balaban J connectivity index is 2.12. The van der Waals surface area contributed by atoms with Crippen molar-refractivity contribution in [3.05, 3.63) is 42.5 Å². The number of carbonyl (C=O) groups excluding carboxylic acids is 1. The molecule has 1 unspecified atom stereocenters. The van der Waals surface area contributed by atoms with Crippen LogP contribution in [0.1, 0.15) is 6.92 Å². The Labute approximate surface area is 100 Å². The van der Waals surface area contributed by atoms with Gasteiger partial charge >= 0.3 is 0 Å². The molecule has 2 aromatic carbocycles. The van der Waals surface area contributed by atoms with E-state index in [0.29, 0.717) is 6.61 Å². The van der Waals surface area contributed by atoms with Gasteiger partial charge in [-0.25, -0.2) is 0 Å². The number of fused-ring (bicyclic) bond motifs is 1. The number of carbonyl (C=O) groups is 1. The molecule has 1 amide bonds. The molecule has 0 aliphatic carbocycles. The standard InChI is InChI=1S/C14H15NO2/c1-10(14(15)16)9-17-13-7-6-11-4-2-3-5-12(11)8-13/h2-8,10H,9H2,1H3,(H2,15,16). The summed E-state index contributed by atoms with van der Waals surface area (Å²) in [6.07, 6.45) is 0. The van der Waals surface area contributed by atoms with Gasteiger partial charge in [0.2, 0.25) is 5.91 Å². The fourth-order valence-corrected chi connectivity index (χ4v) is 1.56. The first-order chi connectivity index (χ1) is 8.16.